The van der Waals surface area contributed by atoms with Gasteiger partial charge in [0.1, 0.15) is 17.2 Å². The molecule has 2 aromatic carbocycles. The van der Waals surface area contributed by atoms with E-state index in [1.54, 1.807) is 19.1 Å². The van der Waals surface area contributed by atoms with Crippen LogP contribution in [0.2, 0.25) is 0 Å². The van der Waals surface area contributed by atoms with E-state index in [0.29, 0.717) is 16.7 Å². The quantitative estimate of drug-likeness (QED) is 0.748. The maximum atomic E-state index is 12.2. The maximum absolute atomic E-state index is 12.2. The van der Waals surface area contributed by atoms with Crippen LogP contribution in [0.5, 0.6) is 17.2 Å². The monoisotopic (exact) mass is 288 g/mol. The van der Waals surface area contributed by atoms with Crippen LogP contribution in [-0.2, 0) is 6.42 Å². The van der Waals surface area contributed by atoms with Gasteiger partial charge in [0, 0.05) is 18.9 Å². The minimum absolute atomic E-state index is 0.0457. The number of phenolic OH excluding ortho intramolecular Hbond substituents is 2. The molecular formula is C16H16O5. The van der Waals surface area contributed by atoms with Crippen molar-refractivity contribution < 1.29 is 24.9 Å². The molecule has 3 N–H and O–H groups in total. The number of hydrogen-bond acceptors (Lipinski definition) is 5. The van der Waals surface area contributed by atoms with E-state index in [1.807, 2.05) is 0 Å². The standard InChI is InChI=1S/C16H16O5/c1-16(20)6-9-3-8-4-10(21-2)5-11(17)13(8)15(19)14(9)12(18)7-16/h3-5,17,19-20H,6-7H2,1-2H3. The van der Waals surface area contributed by atoms with E-state index in [4.69, 9.17) is 4.74 Å². The topological polar surface area (TPSA) is 87.0 Å². The van der Waals surface area contributed by atoms with E-state index in [2.05, 4.69) is 0 Å². The van der Waals surface area contributed by atoms with Gasteiger partial charge in [0.25, 0.3) is 0 Å². The smallest absolute Gasteiger partial charge is 0.169 e. The summed E-state index contributed by atoms with van der Waals surface area (Å²) in [6, 6.07) is 4.76. The third-order valence-electron chi connectivity index (χ3n) is 3.87. The molecule has 0 saturated heterocycles. The molecule has 1 atom stereocenters. The van der Waals surface area contributed by atoms with Crippen LogP contribution >= 0.6 is 0 Å². The number of fused-ring (bicyclic) bond motifs is 2. The van der Waals surface area contributed by atoms with Gasteiger partial charge in [-0.15, -0.1) is 0 Å². The molecule has 2 aromatic rings. The van der Waals surface area contributed by atoms with Gasteiger partial charge in [-0.2, -0.15) is 0 Å². The van der Waals surface area contributed by atoms with Crippen molar-refractivity contribution in [3.05, 3.63) is 29.3 Å². The fraction of sp³-hybridized carbons (Fsp3) is 0.312. The molecule has 0 bridgehead atoms. The Balaban J connectivity index is 2.35. The number of rotatable bonds is 1. The molecular weight excluding hydrogens is 272 g/mol. The van der Waals surface area contributed by atoms with Crippen LogP contribution in [0.25, 0.3) is 10.8 Å². The van der Waals surface area contributed by atoms with E-state index in [-0.39, 0.29) is 41.1 Å². The number of Topliss-reactive ketones (excluding diaryl/α,β-unsaturated/α-hetero) is 1. The van der Waals surface area contributed by atoms with Gasteiger partial charge in [-0.3, -0.25) is 4.79 Å². The van der Waals surface area contributed by atoms with Crippen molar-refractivity contribution >= 4 is 16.6 Å². The van der Waals surface area contributed by atoms with Gasteiger partial charge in [-0.25, -0.2) is 0 Å². The normalized spacial score (nSPS) is 21.4. The van der Waals surface area contributed by atoms with Gasteiger partial charge in [0.2, 0.25) is 0 Å². The van der Waals surface area contributed by atoms with E-state index in [9.17, 15) is 20.1 Å². The van der Waals surface area contributed by atoms with E-state index < -0.39 is 5.60 Å². The summed E-state index contributed by atoms with van der Waals surface area (Å²) in [5.74, 6) is -0.248. The zero-order valence-corrected chi connectivity index (χ0v) is 11.8. The Kier molecular flexibility index (Phi) is 2.85. The van der Waals surface area contributed by atoms with Crippen LogP contribution in [-0.4, -0.2) is 33.8 Å². The second-order valence-corrected chi connectivity index (χ2v) is 5.78. The summed E-state index contributed by atoms with van der Waals surface area (Å²) in [4.78, 5) is 12.2. The van der Waals surface area contributed by atoms with Crippen molar-refractivity contribution in [1.29, 1.82) is 0 Å². The maximum Gasteiger partial charge on any atom is 0.169 e. The first-order chi connectivity index (χ1) is 9.82. The zero-order valence-electron chi connectivity index (χ0n) is 11.8. The number of benzene rings is 2. The lowest BCUT2D eigenvalue weighted by Crippen LogP contribution is -2.35. The van der Waals surface area contributed by atoms with E-state index >= 15 is 0 Å². The highest BCUT2D eigenvalue weighted by molar-refractivity contribution is 6.09. The van der Waals surface area contributed by atoms with Crippen LogP contribution in [0.4, 0.5) is 0 Å². The lowest BCUT2D eigenvalue weighted by molar-refractivity contribution is 0.0409. The summed E-state index contributed by atoms with van der Waals surface area (Å²) in [6.07, 6.45) is 0.228. The third-order valence-corrected chi connectivity index (χ3v) is 3.87. The molecule has 0 aromatic heterocycles. The number of aromatic hydroxyl groups is 2. The summed E-state index contributed by atoms with van der Waals surface area (Å²) in [5.41, 5.74) is -0.353. The van der Waals surface area contributed by atoms with Crippen molar-refractivity contribution in [3.63, 3.8) is 0 Å². The molecule has 5 nitrogen and oxygen atoms in total. The molecule has 0 spiro atoms. The van der Waals surface area contributed by atoms with Crippen LogP contribution < -0.4 is 4.74 Å². The molecule has 0 heterocycles. The minimum Gasteiger partial charge on any atom is -0.507 e. The first kappa shape index (κ1) is 13.7. The fourth-order valence-corrected chi connectivity index (χ4v) is 3.01. The number of ketones is 1. The van der Waals surface area contributed by atoms with Gasteiger partial charge >= 0.3 is 0 Å². The van der Waals surface area contributed by atoms with Crippen molar-refractivity contribution in [2.75, 3.05) is 7.11 Å². The summed E-state index contributed by atoms with van der Waals surface area (Å²) < 4.78 is 5.09. The highest BCUT2D eigenvalue weighted by Gasteiger charge is 2.35. The Bertz CT molecular complexity index is 761. The van der Waals surface area contributed by atoms with Gasteiger partial charge in [0.05, 0.1) is 23.7 Å². The molecule has 1 aliphatic rings. The summed E-state index contributed by atoms with van der Waals surface area (Å²) in [6.45, 7) is 1.60. The highest BCUT2D eigenvalue weighted by atomic mass is 16.5. The molecule has 5 heteroatoms. The average Bonchev–Trinajstić information content (AvgIpc) is 2.35. The Labute approximate surface area is 121 Å². The van der Waals surface area contributed by atoms with Gasteiger partial charge in [-0.05, 0) is 30.0 Å². The molecule has 1 aliphatic carbocycles. The van der Waals surface area contributed by atoms with Crippen LogP contribution in [0.15, 0.2) is 18.2 Å². The molecule has 0 fully saturated rings. The molecule has 3 rings (SSSR count). The molecule has 21 heavy (non-hydrogen) atoms. The number of aliphatic hydroxyl groups is 1. The van der Waals surface area contributed by atoms with Gasteiger partial charge < -0.3 is 20.1 Å². The van der Waals surface area contributed by atoms with Crippen LogP contribution in [0.1, 0.15) is 29.3 Å². The summed E-state index contributed by atoms with van der Waals surface area (Å²) in [7, 11) is 1.48. The predicted octanol–water partition coefficient (Wildman–Crippen LogP) is 2.14. The van der Waals surface area contributed by atoms with Crippen molar-refractivity contribution in [3.8, 4) is 17.2 Å². The number of carbonyl (C=O) groups excluding carboxylic acids is 1. The number of ether oxygens (including phenoxy) is 1. The molecule has 0 radical (unpaired) electrons. The summed E-state index contributed by atoms with van der Waals surface area (Å²) in [5, 5.41) is 31.4. The van der Waals surface area contributed by atoms with Crippen LogP contribution in [0.3, 0.4) is 0 Å². The first-order valence-electron chi connectivity index (χ1n) is 6.63. The Hall–Kier alpha value is -2.27. The average molecular weight is 288 g/mol. The number of hydrogen-bond donors (Lipinski definition) is 3. The zero-order chi connectivity index (χ0) is 15.4. The third kappa shape index (κ3) is 2.10. The van der Waals surface area contributed by atoms with Crippen molar-refractivity contribution in [1.82, 2.24) is 0 Å². The van der Waals surface area contributed by atoms with Crippen molar-refractivity contribution in [2.45, 2.75) is 25.4 Å². The van der Waals surface area contributed by atoms with Gasteiger partial charge in [0.15, 0.2) is 5.78 Å². The highest BCUT2D eigenvalue weighted by Crippen LogP contribution is 2.43. The number of methoxy groups -OCH3 is 1. The predicted molar refractivity (Wildman–Crippen MR) is 77.1 cm³/mol. The number of carbonyl (C=O) groups is 1. The minimum atomic E-state index is -1.12. The van der Waals surface area contributed by atoms with Crippen molar-refractivity contribution in [2.24, 2.45) is 0 Å². The largest absolute Gasteiger partial charge is 0.507 e. The first-order valence-corrected chi connectivity index (χ1v) is 6.63. The lowest BCUT2D eigenvalue weighted by Gasteiger charge is -2.29. The molecule has 0 saturated carbocycles. The SMILES string of the molecule is COc1cc(O)c2c(O)c3c(cc2c1)CC(C)(O)CC3=O. The Morgan fingerprint density at radius 2 is 1.90 bits per heavy atom. The Morgan fingerprint density at radius 3 is 2.57 bits per heavy atom. The van der Waals surface area contributed by atoms with Gasteiger partial charge in [-0.1, -0.05) is 0 Å². The number of phenols is 2. The fourth-order valence-electron chi connectivity index (χ4n) is 3.01. The second-order valence-electron chi connectivity index (χ2n) is 5.78. The molecule has 0 amide bonds. The molecule has 0 aliphatic heterocycles. The molecule has 110 valence electrons. The molecule has 1 unspecified atom stereocenters. The van der Waals surface area contributed by atoms with Crippen LogP contribution in [0, 0.1) is 0 Å². The second kappa shape index (κ2) is 4.36. The van der Waals surface area contributed by atoms with E-state index in [1.165, 1.54) is 13.2 Å². The Morgan fingerprint density at radius 1 is 1.19 bits per heavy atom. The lowest BCUT2D eigenvalue weighted by atomic mass is 9.79. The van der Waals surface area contributed by atoms with E-state index in [0.717, 1.165) is 0 Å². The summed E-state index contributed by atoms with van der Waals surface area (Å²) >= 11 is 0.